The Labute approximate surface area is 114 Å². The number of nitrogens with zero attached hydrogens (tertiary/aromatic N) is 2. The second-order valence-electron chi connectivity index (χ2n) is 4.24. The van der Waals surface area contributed by atoms with Gasteiger partial charge in [0.2, 0.25) is 11.7 Å². The molecule has 1 aromatic carbocycles. The summed E-state index contributed by atoms with van der Waals surface area (Å²) >= 11 is 0. The highest BCUT2D eigenvalue weighted by molar-refractivity contribution is 5.81. The van der Waals surface area contributed by atoms with E-state index < -0.39 is 0 Å². The number of hydrogen-bond acceptors (Lipinski definition) is 6. The molecule has 0 amide bonds. The molecule has 0 bridgehead atoms. The van der Waals surface area contributed by atoms with Crippen LogP contribution in [0.2, 0.25) is 0 Å². The first kappa shape index (κ1) is 12.4. The molecule has 0 unspecified atom stereocenters. The summed E-state index contributed by atoms with van der Waals surface area (Å²) in [5.74, 6) is 0.986. The fourth-order valence-corrected chi connectivity index (χ4v) is 1.86. The van der Waals surface area contributed by atoms with Gasteiger partial charge in [0.1, 0.15) is 5.58 Å². The molecule has 3 rings (SSSR count). The largest absolute Gasteiger partial charge is 0.469 e. The summed E-state index contributed by atoms with van der Waals surface area (Å²) in [4.78, 5) is 15.3. The number of carbonyl (C=O) groups is 1. The monoisotopic (exact) mass is 272 g/mol. The standard InChI is InChI=1S/C14H12N2O4/c1-18-13(17)7-6-12-15-14(16-20-12)11-8-9-4-2-3-5-10(9)19-11/h2-5,8H,6-7H2,1H3. The minimum absolute atomic E-state index is 0.207. The van der Waals surface area contributed by atoms with Gasteiger partial charge in [-0.1, -0.05) is 23.4 Å². The van der Waals surface area contributed by atoms with Crippen molar-refractivity contribution in [3.05, 3.63) is 36.2 Å². The number of para-hydroxylation sites is 1. The van der Waals surface area contributed by atoms with E-state index in [0.717, 1.165) is 11.0 Å². The Balaban J connectivity index is 1.80. The molecule has 3 aromatic rings. The van der Waals surface area contributed by atoms with Crippen LogP contribution in [0.5, 0.6) is 0 Å². The molecule has 0 N–H and O–H groups in total. The van der Waals surface area contributed by atoms with E-state index in [4.69, 9.17) is 8.94 Å². The molecule has 0 fully saturated rings. The lowest BCUT2D eigenvalue weighted by Gasteiger charge is -1.93. The van der Waals surface area contributed by atoms with Gasteiger partial charge in [-0.2, -0.15) is 4.98 Å². The minimum Gasteiger partial charge on any atom is -0.469 e. The van der Waals surface area contributed by atoms with Gasteiger partial charge in [-0.05, 0) is 12.1 Å². The molecule has 0 aliphatic carbocycles. The first-order chi connectivity index (χ1) is 9.76. The second kappa shape index (κ2) is 5.16. The molecule has 0 saturated carbocycles. The maximum atomic E-state index is 11.0. The molecular weight excluding hydrogens is 260 g/mol. The maximum absolute atomic E-state index is 11.0. The Bertz CT molecular complexity index is 711. The number of esters is 1. The summed E-state index contributed by atoms with van der Waals surface area (Å²) in [7, 11) is 1.34. The Morgan fingerprint density at radius 2 is 2.20 bits per heavy atom. The molecular formula is C14H12N2O4. The molecule has 0 spiro atoms. The topological polar surface area (TPSA) is 78.4 Å². The predicted octanol–water partition coefficient (Wildman–Crippen LogP) is 2.59. The second-order valence-corrected chi connectivity index (χ2v) is 4.24. The van der Waals surface area contributed by atoms with Gasteiger partial charge >= 0.3 is 5.97 Å². The number of rotatable bonds is 4. The first-order valence-electron chi connectivity index (χ1n) is 6.14. The van der Waals surface area contributed by atoms with Crippen LogP contribution in [0.25, 0.3) is 22.6 Å². The van der Waals surface area contributed by atoms with E-state index in [9.17, 15) is 4.79 Å². The number of hydrogen-bond donors (Lipinski definition) is 0. The predicted molar refractivity (Wildman–Crippen MR) is 69.8 cm³/mol. The zero-order chi connectivity index (χ0) is 13.9. The Kier molecular flexibility index (Phi) is 3.20. The van der Waals surface area contributed by atoms with Gasteiger partial charge < -0.3 is 13.7 Å². The number of fused-ring (bicyclic) bond motifs is 1. The average Bonchev–Trinajstić information content (AvgIpc) is 3.10. The van der Waals surface area contributed by atoms with Crippen molar-refractivity contribution in [3.63, 3.8) is 0 Å². The van der Waals surface area contributed by atoms with Crippen LogP contribution in [-0.4, -0.2) is 23.2 Å². The maximum Gasteiger partial charge on any atom is 0.306 e. The van der Waals surface area contributed by atoms with Gasteiger partial charge in [0, 0.05) is 11.8 Å². The van der Waals surface area contributed by atoms with Crippen molar-refractivity contribution in [1.82, 2.24) is 10.1 Å². The van der Waals surface area contributed by atoms with E-state index in [1.54, 1.807) is 0 Å². The van der Waals surface area contributed by atoms with Crippen LogP contribution in [0, 0.1) is 0 Å². The normalized spacial score (nSPS) is 10.8. The fourth-order valence-electron chi connectivity index (χ4n) is 1.86. The van der Waals surface area contributed by atoms with Crippen molar-refractivity contribution in [3.8, 4) is 11.6 Å². The molecule has 2 aromatic heterocycles. The SMILES string of the molecule is COC(=O)CCc1nc(-c2cc3ccccc3o2)no1. The van der Waals surface area contributed by atoms with Gasteiger partial charge in [0.05, 0.1) is 13.5 Å². The van der Waals surface area contributed by atoms with Gasteiger partial charge in [0.15, 0.2) is 5.76 Å². The summed E-state index contributed by atoms with van der Waals surface area (Å²) in [6, 6.07) is 9.50. The van der Waals surface area contributed by atoms with Crippen LogP contribution in [0.4, 0.5) is 0 Å². The molecule has 0 saturated heterocycles. The third-order valence-electron chi connectivity index (χ3n) is 2.88. The molecule has 0 atom stereocenters. The van der Waals surface area contributed by atoms with Crippen molar-refractivity contribution < 1.29 is 18.5 Å². The highest BCUT2D eigenvalue weighted by Gasteiger charge is 2.14. The molecule has 6 nitrogen and oxygen atoms in total. The molecule has 6 heteroatoms. The number of carbonyl (C=O) groups excluding carboxylic acids is 1. The zero-order valence-electron chi connectivity index (χ0n) is 10.8. The van der Waals surface area contributed by atoms with E-state index in [0.29, 0.717) is 23.9 Å². The Morgan fingerprint density at radius 3 is 3.00 bits per heavy atom. The van der Waals surface area contributed by atoms with Crippen LogP contribution in [0.1, 0.15) is 12.3 Å². The van der Waals surface area contributed by atoms with Crippen LogP contribution in [0.3, 0.4) is 0 Å². The van der Waals surface area contributed by atoms with Crippen LogP contribution in [0.15, 0.2) is 39.3 Å². The van der Waals surface area contributed by atoms with Gasteiger partial charge in [0.25, 0.3) is 0 Å². The third kappa shape index (κ3) is 2.40. The quantitative estimate of drug-likeness (QED) is 0.679. The number of benzene rings is 1. The number of methoxy groups -OCH3 is 1. The Morgan fingerprint density at radius 1 is 1.35 bits per heavy atom. The smallest absolute Gasteiger partial charge is 0.306 e. The molecule has 0 aliphatic rings. The van der Waals surface area contributed by atoms with E-state index in [2.05, 4.69) is 14.9 Å². The number of aryl methyl sites for hydroxylation is 1. The third-order valence-corrected chi connectivity index (χ3v) is 2.88. The first-order valence-corrected chi connectivity index (χ1v) is 6.14. The number of aromatic nitrogens is 2. The molecule has 0 aliphatic heterocycles. The molecule has 0 radical (unpaired) electrons. The van der Waals surface area contributed by atoms with Crippen molar-refractivity contribution >= 4 is 16.9 Å². The van der Waals surface area contributed by atoms with Crippen LogP contribution < -0.4 is 0 Å². The fraction of sp³-hybridized carbons (Fsp3) is 0.214. The summed E-state index contributed by atoms with van der Waals surface area (Å²) in [6.07, 6.45) is 0.554. The zero-order valence-corrected chi connectivity index (χ0v) is 10.8. The average molecular weight is 272 g/mol. The molecule has 2 heterocycles. The van der Waals surface area contributed by atoms with Crippen molar-refractivity contribution in [2.24, 2.45) is 0 Å². The minimum atomic E-state index is -0.312. The van der Waals surface area contributed by atoms with E-state index in [1.807, 2.05) is 30.3 Å². The highest BCUT2D eigenvalue weighted by Crippen LogP contribution is 2.25. The lowest BCUT2D eigenvalue weighted by Crippen LogP contribution is -2.01. The lowest BCUT2D eigenvalue weighted by molar-refractivity contribution is -0.140. The molecule has 102 valence electrons. The highest BCUT2D eigenvalue weighted by atomic mass is 16.5. The number of ether oxygens (including phenoxy) is 1. The van der Waals surface area contributed by atoms with E-state index in [1.165, 1.54) is 7.11 Å². The summed E-state index contributed by atoms with van der Waals surface area (Å²) in [6.45, 7) is 0. The van der Waals surface area contributed by atoms with Crippen molar-refractivity contribution in [1.29, 1.82) is 0 Å². The van der Waals surface area contributed by atoms with Crippen LogP contribution >= 0.6 is 0 Å². The summed E-state index contributed by atoms with van der Waals surface area (Å²) in [5.41, 5.74) is 0.767. The van der Waals surface area contributed by atoms with Gasteiger partial charge in [-0.25, -0.2) is 0 Å². The summed E-state index contributed by atoms with van der Waals surface area (Å²) < 4.78 is 15.3. The number of furan rings is 1. The Hall–Kier alpha value is -2.63. The van der Waals surface area contributed by atoms with Crippen LogP contribution in [-0.2, 0) is 16.0 Å². The van der Waals surface area contributed by atoms with Gasteiger partial charge in [-0.3, -0.25) is 4.79 Å². The van der Waals surface area contributed by atoms with Crippen molar-refractivity contribution in [2.45, 2.75) is 12.8 Å². The summed E-state index contributed by atoms with van der Waals surface area (Å²) in [5, 5.41) is 4.83. The van der Waals surface area contributed by atoms with E-state index in [-0.39, 0.29) is 12.4 Å². The van der Waals surface area contributed by atoms with Gasteiger partial charge in [-0.15, -0.1) is 0 Å². The molecule has 20 heavy (non-hydrogen) atoms. The van der Waals surface area contributed by atoms with Crippen molar-refractivity contribution in [2.75, 3.05) is 7.11 Å². The van der Waals surface area contributed by atoms with E-state index >= 15 is 0 Å². The lowest BCUT2D eigenvalue weighted by atomic mass is 10.2.